The summed E-state index contributed by atoms with van der Waals surface area (Å²) in [6.07, 6.45) is 12.8. The van der Waals surface area contributed by atoms with Crippen LogP contribution in [-0.2, 0) is 4.43 Å². The first kappa shape index (κ1) is 26.0. The van der Waals surface area contributed by atoms with E-state index in [1.807, 2.05) is 0 Å². The Bertz CT molecular complexity index is 720. The molecule has 3 fully saturated rings. The Morgan fingerprint density at radius 2 is 1.52 bits per heavy atom. The average Bonchev–Trinajstić information content (AvgIpc) is 3.09. The van der Waals surface area contributed by atoms with Crippen molar-refractivity contribution in [1.82, 2.24) is 0 Å². The largest absolute Gasteiger partial charge is 0.413 e. The van der Waals surface area contributed by atoms with E-state index in [1.54, 1.807) is 5.57 Å². The van der Waals surface area contributed by atoms with Crippen LogP contribution < -0.4 is 0 Å². The van der Waals surface area contributed by atoms with Gasteiger partial charge in [0.05, 0.1) is 6.10 Å². The molecular weight excluding hydrogens is 420 g/mol. The van der Waals surface area contributed by atoms with Gasteiger partial charge in [-0.2, -0.15) is 0 Å². The van der Waals surface area contributed by atoms with Gasteiger partial charge < -0.3 is 9.53 Å². The van der Waals surface area contributed by atoms with Gasteiger partial charge in [-0.3, -0.25) is 0 Å². The first-order valence-corrected chi connectivity index (χ1v) is 16.6. The van der Waals surface area contributed by atoms with Crippen LogP contribution in [0.1, 0.15) is 114 Å². The van der Waals surface area contributed by atoms with Gasteiger partial charge in [0.25, 0.3) is 0 Å². The van der Waals surface area contributed by atoms with Gasteiger partial charge in [0.15, 0.2) is 0 Å². The second-order valence-electron chi connectivity index (χ2n) is 14.0. The van der Waals surface area contributed by atoms with E-state index in [0.717, 1.165) is 30.6 Å². The highest BCUT2D eigenvalue weighted by molar-refractivity contribution is 6.77. The van der Waals surface area contributed by atoms with Crippen LogP contribution in [0.3, 0.4) is 0 Å². The molecule has 0 aromatic heterocycles. The van der Waals surface area contributed by atoms with Crippen molar-refractivity contribution in [3.8, 4) is 0 Å². The minimum Gasteiger partial charge on any atom is -0.413 e. The maximum atomic E-state index is 10.3. The zero-order valence-corrected chi connectivity index (χ0v) is 24.3. The molecule has 33 heavy (non-hydrogen) atoms. The molecule has 0 bridgehead atoms. The highest BCUT2D eigenvalue weighted by Crippen LogP contribution is 2.67. The zero-order chi connectivity index (χ0) is 24.3. The van der Waals surface area contributed by atoms with Crippen molar-refractivity contribution >= 4 is 8.32 Å². The van der Waals surface area contributed by atoms with Crippen LogP contribution in [-0.4, -0.2) is 25.6 Å². The summed E-state index contributed by atoms with van der Waals surface area (Å²) in [4.78, 5) is 0. The second kappa shape index (κ2) is 9.07. The molecule has 3 saturated carbocycles. The molecular formula is C30H54O2Si. The van der Waals surface area contributed by atoms with Gasteiger partial charge >= 0.3 is 0 Å². The minimum absolute atomic E-state index is 0.101. The molecule has 4 rings (SSSR count). The molecule has 190 valence electrons. The number of allylic oxidation sites excluding steroid dienone is 1. The molecule has 1 N–H and O–H groups in total. The van der Waals surface area contributed by atoms with E-state index in [2.05, 4.69) is 68.4 Å². The van der Waals surface area contributed by atoms with Crippen molar-refractivity contribution in [1.29, 1.82) is 0 Å². The van der Waals surface area contributed by atoms with E-state index in [1.165, 1.54) is 38.5 Å². The number of fused-ring (bicyclic) bond motifs is 5. The highest BCUT2D eigenvalue weighted by Gasteiger charge is 2.60. The number of hydrogen-bond acceptors (Lipinski definition) is 2. The monoisotopic (exact) mass is 474 g/mol. The minimum atomic E-state index is -1.86. The Morgan fingerprint density at radius 3 is 2.12 bits per heavy atom. The maximum absolute atomic E-state index is 10.3. The molecule has 0 spiro atoms. The van der Waals surface area contributed by atoms with Crippen molar-refractivity contribution in [2.45, 2.75) is 143 Å². The van der Waals surface area contributed by atoms with Crippen LogP contribution in [0.5, 0.6) is 0 Å². The molecule has 0 aliphatic heterocycles. The molecule has 0 saturated heterocycles. The predicted octanol–water partition coefficient (Wildman–Crippen LogP) is 8.51. The van der Waals surface area contributed by atoms with Crippen LogP contribution in [0.4, 0.5) is 0 Å². The Labute approximate surface area is 206 Å². The Kier molecular flexibility index (Phi) is 7.14. The van der Waals surface area contributed by atoms with E-state index in [4.69, 9.17) is 4.43 Å². The normalized spacial score (nSPS) is 42.2. The molecule has 0 amide bonds. The van der Waals surface area contributed by atoms with E-state index >= 15 is 0 Å². The first-order chi connectivity index (χ1) is 15.4. The fourth-order valence-corrected chi connectivity index (χ4v) is 15.9. The van der Waals surface area contributed by atoms with Crippen molar-refractivity contribution in [3.63, 3.8) is 0 Å². The lowest BCUT2D eigenvalue weighted by molar-refractivity contribution is -0.0661. The lowest BCUT2D eigenvalue weighted by atomic mass is 9.47. The third-order valence-corrected chi connectivity index (χ3v) is 18.0. The maximum Gasteiger partial charge on any atom is 0.200 e. The molecule has 0 aromatic rings. The smallest absolute Gasteiger partial charge is 0.200 e. The van der Waals surface area contributed by atoms with Crippen molar-refractivity contribution in [2.75, 3.05) is 0 Å². The van der Waals surface area contributed by atoms with Crippen LogP contribution in [0.25, 0.3) is 0 Å². The first-order valence-electron chi connectivity index (χ1n) is 14.4. The summed E-state index contributed by atoms with van der Waals surface area (Å²) in [6, 6.07) is 0. The summed E-state index contributed by atoms with van der Waals surface area (Å²) < 4.78 is 7.37. The van der Waals surface area contributed by atoms with Gasteiger partial charge in [0, 0.05) is 6.10 Å². The number of aliphatic hydroxyl groups excluding tert-OH is 1. The van der Waals surface area contributed by atoms with Crippen molar-refractivity contribution < 1.29 is 9.53 Å². The molecule has 8 atom stereocenters. The molecule has 0 aromatic carbocycles. The standard InChI is InChI=1S/C30H54O2Si/c1-19(2)33(20(3)4,21(5)6)32-22(7)26-12-13-27-25-11-10-23-18-24(31)14-16-29(23,8)28(25)15-17-30(26,27)9/h10,19-22,24-28,31H,11-18H2,1-9H3/t22-,24+,25+,26-,27+,28+,29+,30-/m1/s1. The molecule has 0 heterocycles. The van der Waals surface area contributed by atoms with E-state index < -0.39 is 8.32 Å². The predicted molar refractivity (Wildman–Crippen MR) is 143 cm³/mol. The second-order valence-corrected chi connectivity index (χ2v) is 19.4. The number of hydrogen-bond donors (Lipinski definition) is 1. The summed E-state index contributed by atoms with van der Waals surface area (Å²) in [6.45, 7) is 22.2. The summed E-state index contributed by atoms with van der Waals surface area (Å²) in [5.41, 5.74) is 4.34. The van der Waals surface area contributed by atoms with E-state index in [9.17, 15) is 5.11 Å². The van der Waals surface area contributed by atoms with Gasteiger partial charge in [-0.1, -0.05) is 67.0 Å². The molecule has 4 aliphatic rings. The molecule has 3 heteroatoms. The van der Waals surface area contributed by atoms with Crippen molar-refractivity contribution in [3.05, 3.63) is 11.6 Å². The highest BCUT2D eigenvalue weighted by atomic mass is 28.4. The summed E-state index contributed by atoms with van der Waals surface area (Å²) in [5, 5.41) is 10.3. The lowest BCUT2D eigenvalue weighted by Crippen LogP contribution is -2.54. The molecule has 2 nitrogen and oxygen atoms in total. The summed E-state index contributed by atoms with van der Waals surface area (Å²) >= 11 is 0. The molecule has 0 radical (unpaired) electrons. The Hall–Kier alpha value is -0.123. The Morgan fingerprint density at radius 1 is 0.879 bits per heavy atom. The van der Waals surface area contributed by atoms with Gasteiger partial charge in [0.1, 0.15) is 0 Å². The SMILES string of the molecule is CC(C)[Si](O[C@H](C)[C@H]1CC[C@H]2[C@@H]3CC=C4C[C@@H](O)CC[C@]4(C)[C@H]3CC[C@]12C)(C(C)C)C(C)C. The fraction of sp³-hybridized carbons (Fsp3) is 0.933. The van der Waals surface area contributed by atoms with Gasteiger partial charge in [0.2, 0.25) is 8.32 Å². The fourth-order valence-electron chi connectivity index (χ4n) is 10.3. The lowest BCUT2D eigenvalue weighted by Gasteiger charge is -2.58. The Balaban J connectivity index is 1.57. The third-order valence-electron chi connectivity index (χ3n) is 11.8. The summed E-state index contributed by atoms with van der Waals surface area (Å²) in [7, 11) is -1.86. The van der Waals surface area contributed by atoms with Crippen molar-refractivity contribution in [2.24, 2.45) is 34.5 Å². The van der Waals surface area contributed by atoms with Gasteiger partial charge in [-0.05, 0) is 109 Å². The number of rotatable bonds is 6. The molecule has 4 aliphatic carbocycles. The van der Waals surface area contributed by atoms with E-state index in [0.29, 0.717) is 39.5 Å². The van der Waals surface area contributed by atoms with Crippen LogP contribution in [0, 0.1) is 34.5 Å². The quantitative estimate of drug-likeness (QED) is 0.309. The molecule has 0 unspecified atom stereocenters. The van der Waals surface area contributed by atoms with Crippen LogP contribution in [0.2, 0.25) is 16.6 Å². The van der Waals surface area contributed by atoms with E-state index in [-0.39, 0.29) is 6.10 Å². The summed E-state index contributed by atoms with van der Waals surface area (Å²) in [5.74, 6) is 3.22. The van der Waals surface area contributed by atoms with Crippen LogP contribution in [0.15, 0.2) is 11.6 Å². The van der Waals surface area contributed by atoms with Gasteiger partial charge in [-0.25, -0.2) is 0 Å². The zero-order valence-electron chi connectivity index (χ0n) is 23.3. The average molecular weight is 475 g/mol. The number of aliphatic hydroxyl groups is 1. The third kappa shape index (κ3) is 3.95. The topological polar surface area (TPSA) is 29.5 Å². The van der Waals surface area contributed by atoms with Crippen LogP contribution >= 0.6 is 0 Å². The van der Waals surface area contributed by atoms with Gasteiger partial charge in [-0.15, -0.1) is 0 Å².